The number of carbonyl (C=O) groups is 1. The molecule has 22 heavy (non-hydrogen) atoms. The molecule has 6 nitrogen and oxygen atoms in total. The van der Waals surface area contributed by atoms with Gasteiger partial charge in [-0.2, -0.15) is 0 Å². The van der Waals surface area contributed by atoms with E-state index in [9.17, 15) is 4.79 Å². The molecule has 0 fully saturated rings. The number of imidazole rings is 1. The monoisotopic (exact) mass is 295 g/mol. The molecule has 0 aliphatic carbocycles. The van der Waals surface area contributed by atoms with E-state index in [1.165, 1.54) is 0 Å². The predicted molar refractivity (Wildman–Crippen MR) is 83.4 cm³/mol. The van der Waals surface area contributed by atoms with Crippen LogP contribution in [-0.4, -0.2) is 26.9 Å². The van der Waals surface area contributed by atoms with Gasteiger partial charge in [0, 0.05) is 44.3 Å². The molecule has 3 heterocycles. The van der Waals surface area contributed by atoms with E-state index >= 15 is 0 Å². The topological polar surface area (TPSA) is 71.3 Å². The van der Waals surface area contributed by atoms with E-state index in [0.29, 0.717) is 19.5 Å². The number of hydrogen-bond donors (Lipinski definition) is 2. The molecule has 0 aliphatic heterocycles. The number of carbonyl (C=O) groups excluding carboxylic acids is 1. The quantitative estimate of drug-likeness (QED) is 0.753. The van der Waals surface area contributed by atoms with Gasteiger partial charge in [-0.15, -0.1) is 0 Å². The lowest BCUT2D eigenvalue weighted by molar-refractivity contribution is 0.240. The number of amides is 2. The summed E-state index contributed by atoms with van der Waals surface area (Å²) in [5.74, 6) is 0. The molecule has 0 aromatic carbocycles. The molecule has 3 aromatic rings. The Morgan fingerprint density at radius 2 is 2.14 bits per heavy atom. The number of urea groups is 1. The molecule has 0 atom stereocenters. The first-order valence-electron chi connectivity index (χ1n) is 7.14. The molecule has 2 amide bonds. The number of nitrogens with one attached hydrogen (secondary N) is 2. The second-order valence-electron chi connectivity index (χ2n) is 4.92. The third-order valence-electron chi connectivity index (χ3n) is 3.26. The van der Waals surface area contributed by atoms with Crippen molar-refractivity contribution >= 4 is 11.7 Å². The lowest BCUT2D eigenvalue weighted by Crippen LogP contribution is -2.36. The van der Waals surface area contributed by atoms with Crippen molar-refractivity contribution in [3.63, 3.8) is 0 Å². The second kappa shape index (κ2) is 6.71. The first kappa shape index (κ1) is 14.1. The molecule has 2 N–H and O–H groups in total. The van der Waals surface area contributed by atoms with Gasteiger partial charge in [-0.05, 0) is 23.8 Å². The lowest BCUT2D eigenvalue weighted by atomic mass is 10.3. The van der Waals surface area contributed by atoms with Crippen molar-refractivity contribution in [1.29, 1.82) is 0 Å². The van der Waals surface area contributed by atoms with Crippen molar-refractivity contribution in [2.24, 2.45) is 0 Å². The minimum atomic E-state index is -0.187. The molecule has 0 spiro atoms. The van der Waals surface area contributed by atoms with Gasteiger partial charge in [-0.1, -0.05) is 12.1 Å². The van der Waals surface area contributed by atoms with Crippen LogP contribution in [-0.2, 0) is 13.0 Å². The maximum atomic E-state index is 11.7. The minimum Gasteiger partial charge on any atom is -0.338 e. The van der Waals surface area contributed by atoms with Crippen LogP contribution in [0.5, 0.6) is 0 Å². The predicted octanol–water partition coefficient (Wildman–Crippen LogP) is 1.77. The Morgan fingerprint density at radius 3 is 2.95 bits per heavy atom. The summed E-state index contributed by atoms with van der Waals surface area (Å²) in [6, 6.07) is 9.45. The molecule has 3 rings (SSSR count). The molecule has 0 aliphatic rings. The Morgan fingerprint density at radius 1 is 1.18 bits per heavy atom. The van der Waals surface area contributed by atoms with Gasteiger partial charge in [0.2, 0.25) is 0 Å². The summed E-state index contributed by atoms with van der Waals surface area (Å²) in [6.07, 6.45) is 8.07. The molecule has 0 saturated heterocycles. The Bertz CT molecular complexity index is 720. The summed E-state index contributed by atoms with van der Waals surface area (Å²) >= 11 is 0. The summed E-state index contributed by atoms with van der Waals surface area (Å²) in [4.78, 5) is 20.2. The summed E-state index contributed by atoms with van der Waals surface area (Å²) < 4.78 is 1.97. The van der Waals surface area contributed by atoms with Gasteiger partial charge in [0.1, 0.15) is 5.65 Å². The highest BCUT2D eigenvalue weighted by atomic mass is 16.2. The van der Waals surface area contributed by atoms with Gasteiger partial charge in [0.05, 0.1) is 5.69 Å². The first-order valence-corrected chi connectivity index (χ1v) is 7.14. The SMILES string of the molecule is O=C(NCCc1cn2ccccc2n1)NCc1cccnc1. The smallest absolute Gasteiger partial charge is 0.315 e. The summed E-state index contributed by atoms with van der Waals surface area (Å²) in [5.41, 5.74) is 2.84. The fraction of sp³-hybridized carbons (Fsp3) is 0.188. The zero-order valence-corrected chi connectivity index (χ0v) is 12.1. The van der Waals surface area contributed by atoms with Gasteiger partial charge in [-0.3, -0.25) is 4.98 Å². The van der Waals surface area contributed by atoms with E-state index in [2.05, 4.69) is 20.6 Å². The van der Waals surface area contributed by atoms with Crippen LogP contribution in [0.1, 0.15) is 11.3 Å². The van der Waals surface area contributed by atoms with E-state index in [1.54, 1.807) is 12.4 Å². The van der Waals surface area contributed by atoms with Crippen molar-refractivity contribution in [2.75, 3.05) is 6.54 Å². The standard InChI is InChI=1S/C16H17N5O/c22-16(19-11-13-4-3-7-17-10-13)18-8-6-14-12-21-9-2-1-5-15(21)20-14/h1-5,7,9-10,12H,6,8,11H2,(H2,18,19,22). The number of nitrogens with zero attached hydrogens (tertiary/aromatic N) is 3. The van der Waals surface area contributed by atoms with Crippen LogP contribution in [0.2, 0.25) is 0 Å². The molecule has 0 radical (unpaired) electrons. The molecule has 6 heteroatoms. The molecule has 0 bridgehead atoms. The van der Waals surface area contributed by atoms with Gasteiger partial charge < -0.3 is 15.0 Å². The molecular formula is C16H17N5O. The Hall–Kier alpha value is -2.89. The number of rotatable bonds is 5. The van der Waals surface area contributed by atoms with Crippen LogP contribution < -0.4 is 10.6 Å². The van der Waals surface area contributed by atoms with E-state index in [0.717, 1.165) is 16.9 Å². The molecule has 0 saturated carbocycles. The fourth-order valence-electron chi connectivity index (χ4n) is 2.16. The highest BCUT2D eigenvalue weighted by Gasteiger charge is 2.03. The van der Waals surface area contributed by atoms with E-state index < -0.39 is 0 Å². The van der Waals surface area contributed by atoms with Gasteiger partial charge >= 0.3 is 6.03 Å². The van der Waals surface area contributed by atoms with Crippen LogP contribution >= 0.6 is 0 Å². The molecule has 112 valence electrons. The lowest BCUT2D eigenvalue weighted by Gasteiger charge is -2.06. The third kappa shape index (κ3) is 3.60. The van der Waals surface area contributed by atoms with E-state index in [4.69, 9.17) is 0 Å². The maximum Gasteiger partial charge on any atom is 0.315 e. The second-order valence-corrected chi connectivity index (χ2v) is 4.92. The van der Waals surface area contributed by atoms with Crippen molar-refractivity contribution in [1.82, 2.24) is 25.0 Å². The highest BCUT2D eigenvalue weighted by Crippen LogP contribution is 2.04. The van der Waals surface area contributed by atoms with Crippen LogP contribution in [0, 0.1) is 0 Å². The van der Waals surface area contributed by atoms with E-state index in [-0.39, 0.29) is 6.03 Å². The number of hydrogen-bond acceptors (Lipinski definition) is 3. The van der Waals surface area contributed by atoms with Crippen molar-refractivity contribution in [2.45, 2.75) is 13.0 Å². The third-order valence-corrected chi connectivity index (χ3v) is 3.26. The summed E-state index contributed by atoms with van der Waals surface area (Å²) in [7, 11) is 0. The average Bonchev–Trinajstić information content (AvgIpc) is 2.96. The first-order chi connectivity index (χ1) is 10.8. The van der Waals surface area contributed by atoms with Crippen LogP contribution in [0.4, 0.5) is 4.79 Å². The number of fused-ring (bicyclic) bond motifs is 1. The Balaban J connectivity index is 1.43. The van der Waals surface area contributed by atoms with Crippen molar-refractivity contribution < 1.29 is 4.79 Å². The average molecular weight is 295 g/mol. The summed E-state index contributed by atoms with van der Waals surface area (Å²) in [5, 5.41) is 5.62. The normalized spacial score (nSPS) is 10.5. The minimum absolute atomic E-state index is 0.187. The fourth-order valence-corrected chi connectivity index (χ4v) is 2.16. The zero-order chi connectivity index (χ0) is 15.2. The van der Waals surface area contributed by atoms with E-state index in [1.807, 2.05) is 47.1 Å². The van der Waals surface area contributed by atoms with Crippen molar-refractivity contribution in [3.8, 4) is 0 Å². The van der Waals surface area contributed by atoms with Crippen LogP contribution in [0.15, 0.2) is 55.1 Å². The molecule has 3 aromatic heterocycles. The highest BCUT2D eigenvalue weighted by molar-refractivity contribution is 5.73. The van der Waals surface area contributed by atoms with Crippen molar-refractivity contribution in [3.05, 3.63) is 66.4 Å². The van der Waals surface area contributed by atoms with Gasteiger partial charge in [-0.25, -0.2) is 9.78 Å². The Kier molecular flexibility index (Phi) is 4.29. The largest absolute Gasteiger partial charge is 0.338 e. The van der Waals surface area contributed by atoms with Gasteiger partial charge in [0.25, 0.3) is 0 Å². The zero-order valence-electron chi connectivity index (χ0n) is 12.1. The Labute approximate surface area is 128 Å². The van der Waals surface area contributed by atoms with Gasteiger partial charge in [0.15, 0.2) is 0 Å². The number of aromatic nitrogens is 3. The molecular weight excluding hydrogens is 278 g/mol. The van der Waals surface area contributed by atoms with Crippen LogP contribution in [0.25, 0.3) is 5.65 Å². The maximum absolute atomic E-state index is 11.7. The van der Waals surface area contributed by atoms with Crippen LogP contribution in [0.3, 0.4) is 0 Å². The summed E-state index contributed by atoms with van der Waals surface area (Å²) in [6.45, 7) is 1.01. The number of pyridine rings is 2. The molecule has 0 unspecified atom stereocenters.